The van der Waals surface area contributed by atoms with E-state index in [1.807, 2.05) is 10.9 Å². The van der Waals surface area contributed by atoms with Gasteiger partial charge in [0.2, 0.25) is 0 Å². The highest BCUT2D eigenvalue weighted by Gasteiger charge is 2.53. The largest absolute Gasteiger partial charge is 0.498 e. The lowest BCUT2D eigenvalue weighted by molar-refractivity contribution is -0.0118. The molecule has 0 amide bonds. The van der Waals surface area contributed by atoms with Crippen LogP contribution in [-0.2, 0) is 9.31 Å². The second-order valence-electron chi connectivity index (χ2n) is 6.15. The molecule has 98 valence electrons. The maximum atomic E-state index is 6.14. The predicted molar refractivity (Wildman–Crippen MR) is 70.8 cm³/mol. The molecule has 18 heavy (non-hydrogen) atoms. The van der Waals surface area contributed by atoms with Crippen molar-refractivity contribution in [1.82, 2.24) is 9.78 Å². The van der Waals surface area contributed by atoms with Crippen LogP contribution in [0.4, 0.5) is 0 Å². The van der Waals surface area contributed by atoms with Crippen molar-refractivity contribution in [3.05, 3.63) is 12.4 Å². The van der Waals surface area contributed by atoms with Gasteiger partial charge in [-0.1, -0.05) is 6.92 Å². The van der Waals surface area contributed by atoms with Gasteiger partial charge in [-0.25, -0.2) is 0 Å². The lowest BCUT2D eigenvalue weighted by Gasteiger charge is -2.35. The minimum atomic E-state index is -0.280. The molecule has 5 heteroatoms. The van der Waals surface area contributed by atoms with Crippen LogP contribution in [0.1, 0.15) is 53.0 Å². The fraction of sp³-hybridized carbons (Fsp3) is 0.769. The molecule has 0 radical (unpaired) electrons. The van der Waals surface area contributed by atoms with Gasteiger partial charge in [-0.05, 0) is 40.0 Å². The quantitative estimate of drug-likeness (QED) is 0.766. The normalized spacial score (nSPS) is 31.0. The van der Waals surface area contributed by atoms with E-state index in [4.69, 9.17) is 9.31 Å². The molecule has 1 aromatic heterocycles. The van der Waals surface area contributed by atoms with E-state index in [0.29, 0.717) is 6.04 Å². The first-order chi connectivity index (χ1) is 8.45. The van der Waals surface area contributed by atoms with E-state index >= 15 is 0 Å². The fourth-order valence-corrected chi connectivity index (χ4v) is 2.45. The molecule has 1 aromatic rings. The summed E-state index contributed by atoms with van der Waals surface area (Å²) < 4.78 is 14.3. The van der Waals surface area contributed by atoms with E-state index in [0.717, 1.165) is 11.9 Å². The molecule has 1 saturated carbocycles. The lowest BCUT2D eigenvalue weighted by atomic mass is 9.82. The molecule has 3 rings (SSSR count). The number of nitrogens with zero attached hydrogens (tertiary/aromatic N) is 2. The molecule has 0 spiro atoms. The third-order valence-electron chi connectivity index (χ3n) is 4.53. The standard InChI is InChI=1S/C13H21BN2O2/c1-5-13(4)12(2,3)17-14(18-13)10-8-15-16(9-10)11-6-7-11/h8-9,11H,5-7H2,1-4H3. The Hall–Kier alpha value is -0.805. The van der Waals surface area contributed by atoms with Crippen LogP contribution in [-0.4, -0.2) is 28.1 Å². The van der Waals surface area contributed by atoms with E-state index in [1.54, 1.807) is 0 Å². The van der Waals surface area contributed by atoms with Crippen LogP contribution < -0.4 is 5.46 Å². The van der Waals surface area contributed by atoms with Gasteiger partial charge in [0, 0.05) is 17.9 Å². The van der Waals surface area contributed by atoms with Crippen molar-refractivity contribution < 1.29 is 9.31 Å². The molecule has 1 aliphatic carbocycles. The van der Waals surface area contributed by atoms with Gasteiger partial charge < -0.3 is 9.31 Å². The molecular formula is C13H21BN2O2. The summed E-state index contributed by atoms with van der Waals surface area (Å²) >= 11 is 0. The van der Waals surface area contributed by atoms with Crippen molar-refractivity contribution in [3.63, 3.8) is 0 Å². The van der Waals surface area contributed by atoms with E-state index in [-0.39, 0.29) is 18.3 Å². The third-order valence-corrected chi connectivity index (χ3v) is 4.53. The Bertz CT molecular complexity index is 456. The molecule has 0 N–H and O–H groups in total. The van der Waals surface area contributed by atoms with Gasteiger partial charge in [0.1, 0.15) is 0 Å². The summed E-state index contributed by atoms with van der Waals surface area (Å²) in [6.45, 7) is 8.46. The van der Waals surface area contributed by atoms with Gasteiger partial charge in [-0.3, -0.25) is 4.68 Å². The van der Waals surface area contributed by atoms with E-state index < -0.39 is 0 Å². The van der Waals surface area contributed by atoms with E-state index in [1.165, 1.54) is 12.8 Å². The maximum absolute atomic E-state index is 6.14. The van der Waals surface area contributed by atoms with Crippen LogP contribution >= 0.6 is 0 Å². The molecule has 2 heterocycles. The molecule has 1 atom stereocenters. The molecule has 0 bridgehead atoms. The average molecular weight is 248 g/mol. The first-order valence-electron chi connectivity index (χ1n) is 6.85. The summed E-state index contributed by atoms with van der Waals surface area (Å²) in [5.41, 5.74) is 0.528. The fourth-order valence-electron chi connectivity index (χ4n) is 2.45. The molecule has 1 unspecified atom stereocenters. The first-order valence-corrected chi connectivity index (χ1v) is 6.85. The van der Waals surface area contributed by atoms with Gasteiger partial charge in [0.05, 0.1) is 17.2 Å². The summed E-state index contributed by atoms with van der Waals surface area (Å²) in [6, 6.07) is 0.603. The van der Waals surface area contributed by atoms with Crippen molar-refractivity contribution in [1.29, 1.82) is 0 Å². The molecule has 2 fully saturated rings. The Morgan fingerprint density at radius 3 is 2.67 bits per heavy atom. The monoisotopic (exact) mass is 248 g/mol. The smallest absolute Gasteiger partial charge is 0.399 e. The molecule has 1 aliphatic heterocycles. The Balaban J connectivity index is 1.81. The number of hydrogen-bond acceptors (Lipinski definition) is 3. The lowest BCUT2D eigenvalue weighted by Crippen LogP contribution is -2.44. The van der Waals surface area contributed by atoms with Gasteiger partial charge >= 0.3 is 7.12 Å². The minimum absolute atomic E-state index is 0.237. The van der Waals surface area contributed by atoms with Crippen LogP contribution in [0, 0.1) is 0 Å². The molecule has 0 aromatic carbocycles. The number of rotatable bonds is 3. The Labute approximate surface area is 109 Å². The third kappa shape index (κ3) is 1.80. The average Bonchev–Trinajstić information content (AvgIpc) is 2.99. The minimum Gasteiger partial charge on any atom is -0.399 e. The van der Waals surface area contributed by atoms with Gasteiger partial charge in [-0.2, -0.15) is 5.10 Å². The SMILES string of the molecule is CCC1(C)OB(c2cnn(C3CC3)c2)OC1(C)C. The van der Waals surface area contributed by atoms with Gasteiger partial charge in [-0.15, -0.1) is 0 Å². The second-order valence-corrected chi connectivity index (χ2v) is 6.15. The Morgan fingerprint density at radius 1 is 1.39 bits per heavy atom. The summed E-state index contributed by atoms with van der Waals surface area (Å²) in [5.74, 6) is 0. The summed E-state index contributed by atoms with van der Waals surface area (Å²) in [6.07, 6.45) is 7.37. The first kappa shape index (κ1) is 12.2. The molecule has 1 saturated heterocycles. The van der Waals surface area contributed by atoms with Crippen molar-refractivity contribution in [2.24, 2.45) is 0 Å². The van der Waals surface area contributed by atoms with Crippen molar-refractivity contribution in [2.45, 2.75) is 64.2 Å². The number of hydrogen-bond donors (Lipinski definition) is 0. The van der Waals surface area contributed by atoms with E-state index in [9.17, 15) is 0 Å². The predicted octanol–water partition coefficient (Wildman–Crippen LogP) is 1.91. The summed E-state index contributed by atoms with van der Waals surface area (Å²) in [4.78, 5) is 0. The molecule has 4 nitrogen and oxygen atoms in total. The maximum Gasteiger partial charge on any atom is 0.498 e. The Morgan fingerprint density at radius 2 is 2.11 bits per heavy atom. The van der Waals surface area contributed by atoms with Crippen LogP contribution in [0.2, 0.25) is 0 Å². The molecule has 2 aliphatic rings. The topological polar surface area (TPSA) is 36.3 Å². The molecular weight excluding hydrogens is 227 g/mol. The van der Waals surface area contributed by atoms with E-state index in [2.05, 4.69) is 39.0 Å². The zero-order chi connectivity index (χ0) is 13.0. The highest BCUT2D eigenvalue weighted by molar-refractivity contribution is 6.62. The van der Waals surface area contributed by atoms with Crippen LogP contribution in [0.15, 0.2) is 12.4 Å². The van der Waals surface area contributed by atoms with Crippen molar-refractivity contribution in [3.8, 4) is 0 Å². The Kier molecular flexibility index (Phi) is 2.61. The highest BCUT2D eigenvalue weighted by Crippen LogP contribution is 2.39. The zero-order valence-corrected chi connectivity index (χ0v) is 11.6. The summed E-state index contributed by atoms with van der Waals surface area (Å²) in [7, 11) is -0.280. The zero-order valence-electron chi connectivity index (χ0n) is 11.6. The number of aromatic nitrogens is 2. The van der Waals surface area contributed by atoms with Crippen LogP contribution in [0.5, 0.6) is 0 Å². The van der Waals surface area contributed by atoms with Gasteiger partial charge in [0.15, 0.2) is 0 Å². The van der Waals surface area contributed by atoms with Crippen LogP contribution in [0.25, 0.3) is 0 Å². The van der Waals surface area contributed by atoms with Crippen molar-refractivity contribution >= 4 is 12.6 Å². The van der Waals surface area contributed by atoms with Crippen molar-refractivity contribution in [2.75, 3.05) is 0 Å². The van der Waals surface area contributed by atoms with Crippen LogP contribution in [0.3, 0.4) is 0 Å². The van der Waals surface area contributed by atoms with Gasteiger partial charge in [0.25, 0.3) is 0 Å². The highest BCUT2D eigenvalue weighted by atomic mass is 16.7. The second kappa shape index (κ2) is 3.84. The summed E-state index contributed by atoms with van der Waals surface area (Å²) in [5, 5.41) is 4.40.